The maximum Gasteiger partial charge on any atom is 0.254 e. The highest BCUT2D eigenvalue weighted by molar-refractivity contribution is 5.94. The first-order chi connectivity index (χ1) is 13.8. The van der Waals surface area contributed by atoms with Crippen LogP contribution in [0.25, 0.3) is 0 Å². The van der Waals surface area contributed by atoms with E-state index in [2.05, 4.69) is 5.10 Å². The molecule has 2 aliphatic rings. The van der Waals surface area contributed by atoms with E-state index in [9.17, 15) is 23.5 Å². The number of aromatic hydroxyl groups is 1. The summed E-state index contributed by atoms with van der Waals surface area (Å²) in [6.07, 6.45) is 1.07. The van der Waals surface area contributed by atoms with Gasteiger partial charge in [0.25, 0.3) is 11.8 Å². The lowest BCUT2D eigenvalue weighted by Crippen LogP contribution is -2.46. The van der Waals surface area contributed by atoms with Crippen LogP contribution in [-0.2, 0) is 11.3 Å². The number of benzene rings is 1. The van der Waals surface area contributed by atoms with Gasteiger partial charge < -0.3 is 14.9 Å². The molecule has 2 amide bonds. The maximum atomic E-state index is 13.4. The molecular formula is C20H22F2N4O3. The van der Waals surface area contributed by atoms with Crippen LogP contribution in [0.15, 0.2) is 36.5 Å². The average molecular weight is 404 g/mol. The summed E-state index contributed by atoms with van der Waals surface area (Å²) in [6.45, 7) is 0.695. The second-order valence-corrected chi connectivity index (χ2v) is 7.60. The number of likely N-dealkylation sites (tertiary alicyclic amines) is 1. The van der Waals surface area contributed by atoms with Crippen molar-refractivity contribution < 1.29 is 23.5 Å². The van der Waals surface area contributed by atoms with Crippen molar-refractivity contribution in [2.24, 2.45) is 0 Å². The van der Waals surface area contributed by atoms with Crippen LogP contribution >= 0.6 is 0 Å². The van der Waals surface area contributed by atoms with Crippen molar-refractivity contribution in [3.63, 3.8) is 0 Å². The topological polar surface area (TPSA) is 78.7 Å². The third kappa shape index (κ3) is 4.08. The minimum absolute atomic E-state index is 0.00605. The van der Waals surface area contributed by atoms with Crippen LogP contribution in [0, 0.1) is 0 Å². The van der Waals surface area contributed by atoms with E-state index in [1.165, 1.54) is 17.0 Å². The van der Waals surface area contributed by atoms with E-state index in [1.54, 1.807) is 34.0 Å². The molecule has 154 valence electrons. The molecule has 1 saturated heterocycles. The summed E-state index contributed by atoms with van der Waals surface area (Å²) in [5.41, 5.74) is 1.16. The van der Waals surface area contributed by atoms with Gasteiger partial charge in [-0.2, -0.15) is 5.10 Å². The molecule has 29 heavy (non-hydrogen) atoms. The predicted molar refractivity (Wildman–Crippen MR) is 99.5 cm³/mol. The Hall–Kier alpha value is -2.97. The van der Waals surface area contributed by atoms with E-state index in [-0.39, 0.29) is 62.5 Å². The molecule has 0 aliphatic carbocycles. The lowest BCUT2D eigenvalue weighted by Gasteiger charge is -2.36. The maximum absolute atomic E-state index is 13.4. The van der Waals surface area contributed by atoms with E-state index < -0.39 is 5.92 Å². The van der Waals surface area contributed by atoms with Gasteiger partial charge in [-0.15, -0.1) is 0 Å². The first-order valence-corrected chi connectivity index (χ1v) is 9.59. The van der Waals surface area contributed by atoms with Crippen LogP contribution in [0.1, 0.15) is 41.4 Å². The molecule has 3 heterocycles. The lowest BCUT2D eigenvalue weighted by molar-refractivity contribution is -0.138. The first kappa shape index (κ1) is 19.4. The summed E-state index contributed by atoms with van der Waals surface area (Å²) in [7, 11) is 0. The summed E-state index contributed by atoms with van der Waals surface area (Å²) in [5, 5.41) is 13.9. The highest BCUT2D eigenvalue weighted by Gasteiger charge is 2.37. The zero-order chi connectivity index (χ0) is 20.6. The van der Waals surface area contributed by atoms with Gasteiger partial charge in [-0.3, -0.25) is 14.3 Å². The Morgan fingerprint density at radius 1 is 1.17 bits per heavy atom. The number of fused-ring (bicyclic) bond motifs is 1. The fourth-order valence-electron chi connectivity index (χ4n) is 3.93. The predicted octanol–water partition coefficient (Wildman–Crippen LogP) is 2.43. The van der Waals surface area contributed by atoms with Crippen molar-refractivity contribution in [2.75, 3.05) is 19.6 Å². The number of rotatable bonds is 3. The van der Waals surface area contributed by atoms with Crippen molar-refractivity contribution in [3.8, 4) is 5.75 Å². The van der Waals surface area contributed by atoms with Gasteiger partial charge in [0, 0.05) is 44.2 Å². The number of hydrogen-bond donors (Lipinski definition) is 1. The summed E-state index contributed by atoms with van der Waals surface area (Å²) in [4.78, 5) is 28.7. The minimum Gasteiger partial charge on any atom is -0.508 e. The third-order valence-electron chi connectivity index (χ3n) is 5.52. The SMILES string of the molecule is O=C(C[C@H]1CN(C(=O)c2cccc(O)c2)Cc2ccnn21)N1CCC(F)(F)CC1. The van der Waals surface area contributed by atoms with E-state index in [0.717, 1.165) is 5.69 Å². The van der Waals surface area contributed by atoms with Gasteiger partial charge in [0.1, 0.15) is 5.75 Å². The summed E-state index contributed by atoms with van der Waals surface area (Å²) in [5.74, 6) is -3.16. The van der Waals surface area contributed by atoms with Gasteiger partial charge >= 0.3 is 0 Å². The second kappa shape index (κ2) is 7.46. The molecule has 0 radical (unpaired) electrons. The number of piperidine rings is 1. The molecule has 1 fully saturated rings. The Morgan fingerprint density at radius 2 is 1.93 bits per heavy atom. The number of phenols is 1. The molecule has 4 rings (SSSR count). The number of hydrogen-bond acceptors (Lipinski definition) is 4. The first-order valence-electron chi connectivity index (χ1n) is 9.59. The molecule has 1 aromatic carbocycles. The highest BCUT2D eigenvalue weighted by atomic mass is 19.3. The second-order valence-electron chi connectivity index (χ2n) is 7.60. The molecule has 1 N–H and O–H groups in total. The lowest BCUT2D eigenvalue weighted by atomic mass is 10.0. The van der Waals surface area contributed by atoms with Crippen molar-refractivity contribution in [3.05, 3.63) is 47.8 Å². The normalized spacial score (nSPS) is 21.0. The molecule has 0 saturated carbocycles. The molecule has 9 heteroatoms. The molecule has 1 aromatic heterocycles. The molecule has 0 spiro atoms. The monoisotopic (exact) mass is 404 g/mol. The summed E-state index contributed by atoms with van der Waals surface area (Å²) in [6, 6.07) is 7.55. The van der Waals surface area contributed by atoms with Gasteiger partial charge in [-0.25, -0.2) is 8.78 Å². The van der Waals surface area contributed by atoms with Crippen molar-refractivity contribution in [1.29, 1.82) is 0 Å². The molecule has 0 bridgehead atoms. The summed E-state index contributed by atoms with van der Waals surface area (Å²) < 4.78 is 28.5. The zero-order valence-corrected chi connectivity index (χ0v) is 15.8. The van der Waals surface area contributed by atoms with Crippen LogP contribution in [0.2, 0.25) is 0 Å². The Kier molecular flexibility index (Phi) is 4.97. The largest absolute Gasteiger partial charge is 0.508 e. The molecular weight excluding hydrogens is 382 g/mol. The molecule has 2 aromatic rings. The summed E-state index contributed by atoms with van der Waals surface area (Å²) >= 11 is 0. The minimum atomic E-state index is -2.71. The van der Waals surface area contributed by atoms with E-state index in [4.69, 9.17) is 0 Å². The number of halogens is 2. The van der Waals surface area contributed by atoms with Crippen LogP contribution in [0.3, 0.4) is 0 Å². The number of aromatic nitrogens is 2. The van der Waals surface area contributed by atoms with Gasteiger partial charge in [0.15, 0.2) is 0 Å². The van der Waals surface area contributed by atoms with E-state index >= 15 is 0 Å². The Morgan fingerprint density at radius 3 is 2.66 bits per heavy atom. The van der Waals surface area contributed by atoms with Crippen molar-refractivity contribution in [2.45, 2.75) is 37.8 Å². The van der Waals surface area contributed by atoms with Gasteiger partial charge in [-0.1, -0.05) is 6.07 Å². The fraction of sp³-hybridized carbons (Fsp3) is 0.450. The van der Waals surface area contributed by atoms with E-state index in [1.807, 2.05) is 0 Å². The molecule has 7 nitrogen and oxygen atoms in total. The van der Waals surface area contributed by atoms with Gasteiger partial charge in [0.05, 0.1) is 24.7 Å². The fourth-order valence-corrected chi connectivity index (χ4v) is 3.93. The Bertz CT molecular complexity index is 920. The van der Waals surface area contributed by atoms with Gasteiger partial charge in [-0.05, 0) is 24.3 Å². The number of carbonyl (C=O) groups excluding carboxylic acids is 2. The number of alkyl halides is 2. The Labute approximate surface area is 166 Å². The van der Waals surface area contributed by atoms with Crippen LogP contribution in [-0.4, -0.2) is 62.1 Å². The van der Waals surface area contributed by atoms with Gasteiger partial charge in [0.2, 0.25) is 5.91 Å². The smallest absolute Gasteiger partial charge is 0.254 e. The number of amides is 2. The van der Waals surface area contributed by atoms with Crippen molar-refractivity contribution >= 4 is 11.8 Å². The van der Waals surface area contributed by atoms with Crippen molar-refractivity contribution in [1.82, 2.24) is 19.6 Å². The van der Waals surface area contributed by atoms with E-state index in [0.29, 0.717) is 12.1 Å². The Balaban J connectivity index is 1.48. The average Bonchev–Trinajstić information content (AvgIpc) is 3.16. The van der Waals surface area contributed by atoms with Crippen LogP contribution in [0.5, 0.6) is 5.75 Å². The standard InChI is InChI=1S/C20H22F2N4O3/c21-20(22)5-8-24(9-6-20)18(28)11-16-13-25(12-15-4-7-23-26(15)16)19(29)14-2-1-3-17(27)10-14/h1-4,7,10,16,27H,5-6,8-9,11-13H2/t16-/m0/s1. The molecule has 2 aliphatic heterocycles. The highest BCUT2D eigenvalue weighted by Crippen LogP contribution is 2.30. The zero-order valence-electron chi connectivity index (χ0n) is 15.8. The molecule has 1 atom stereocenters. The van der Waals surface area contributed by atoms with Crippen LogP contribution in [0.4, 0.5) is 8.78 Å². The number of carbonyl (C=O) groups is 2. The number of nitrogens with zero attached hydrogens (tertiary/aromatic N) is 4. The van der Waals surface area contributed by atoms with Crippen LogP contribution < -0.4 is 0 Å². The number of phenolic OH excluding ortho intramolecular Hbond substituents is 1. The third-order valence-corrected chi connectivity index (χ3v) is 5.52. The molecule has 0 unspecified atom stereocenters. The quantitative estimate of drug-likeness (QED) is 0.852.